The Morgan fingerprint density at radius 1 is 0.698 bits per heavy atom. The number of hydrogen-bond acceptors (Lipinski definition) is 28. The van der Waals surface area contributed by atoms with E-state index in [0.29, 0.717) is 17.7 Å². The van der Waals surface area contributed by atoms with Crippen molar-refractivity contribution in [3.05, 3.63) is 182 Å². The quantitative estimate of drug-likeness (QED) is 0.0279. The van der Waals surface area contributed by atoms with Crippen LogP contribution in [0.3, 0.4) is 0 Å². The molecule has 7 aliphatic heterocycles. The van der Waals surface area contributed by atoms with Gasteiger partial charge >= 0.3 is 6.18 Å². The number of anilines is 1. The normalized spacial score (nSPS) is 26.0. The molecule has 7 aromatic carbocycles. The van der Waals surface area contributed by atoms with Gasteiger partial charge in [-0.05, 0) is 152 Å². The van der Waals surface area contributed by atoms with Crippen LogP contribution in [0.5, 0.6) is 46.0 Å². The Balaban J connectivity index is 1.00. The molecule has 9 amide bonds. The molecule has 2 saturated heterocycles. The number of benzene rings is 7. The Bertz CT molecular complexity index is 5320. The van der Waals surface area contributed by atoms with Crippen molar-refractivity contribution in [3.8, 4) is 57.1 Å². The summed E-state index contributed by atoms with van der Waals surface area (Å²) in [4.78, 5) is 133. The predicted octanol–water partition coefficient (Wildman–Crippen LogP) is 2.88. The zero-order chi connectivity index (χ0) is 91.4. The van der Waals surface area contributed by atoms with Crippen LogP contribution in [-0.2, 0) is 65.3 Å². The number of ether oxygens (including phenoxy) is 6. The van der Waals surface area contributed by atoms with Crippen molar-refractivity contribution in [2.45, 2.75) is 169 Å². The minimum atomic E-state index is -5.01. The maximum atomic E-state index is 16.3. The van der Waals surface area contributed by atoms with Gasteiger partial charge in [-0.15, -0.1) is 0 Å². The number of nitrogens with two attached hydrogens (primary N) is 1. The van der Waals surface area contributed by atoms with E-state index in [-0.39, 0.29) is 54.2 Å². The number of aliphatic hydroxyl groups is 7. The molecule has 0 radical (unpaired) electrons. The van der Waals surface area contributed by atoms with E-state index in [2.05, 4.69) is 58.7 Å². The Labute approximate surface area is 723 Å². The summed E-state index contributed by atoms with van der Waals surface area (Å²) in [7, 11) is 1.45. The summed E-state index contributed by atoms with van der Waals surface area (Å²) >= 11 is 14.3. The Morgan fingerprint density at radius 3 is 1.94 bits per heavy atom. The number of aliphatic hydroxyl groups excluding tert-OH is 7. The van der Waals surface area contributed by atoms with E-state index < -0.39 is 283 Å². The smallest absolute Gasteiger partial charge is 0.419 e. The first-order valence-electron chi connectivity index (χ1n) is 39.3. The van der Waals surface area contributed by atoms with Gasteiger partial charge in [0.2, 0.25) is 53.4 Å². The monoisotopic (exact) mass is 1800 g/mol. The lowest BCUT2D eigenvalue weighted by molar-refractivity contribution is -0.334. The molecule has 14 rings (SSSR count). The highest BCUT2D eigenvalue weighted by molar-refractivity contribution is 6.32. The van der Waals surface area contributed by atoms with Crippen LogP contribution in [0.15, 0.2) is 121 Å². The number of aromatic hydroxyl groups is 3. The molecule has 18 atom stereocenters. The maximum absolute atomic E-state index is 16.3. The summed E-state index contributed by atoms with van der Waals surface area (Å²) in [6, 6.07) is 6.83. The number of rotatable bonds is 21. The second-order valence-electron chi connectivity index (χ2n) is 31.1. The topological polar surface area (TPSA) is 570 Å². The third kappa shape index (κ3) is 20.9. The molecule has 674 valence electrons. The highest BCUT2D eigenvalue weighted by Crippen LogP contribution is 2.50. The van der Waals surface area contributed by atoms with E-state index in [4.69, 9.17) is 57.4 Å². The van der Waals surface area contributed by atoms with E-state index in [1.807, 2.05) is 0 Å². The molecule has 23 N–H and O–H groups in total. The summed E-state index contributed by atoms with van der Waals surface area (Å²) in [5, 5.41) is 139. The fourth-order valence-electron chi connectivity index (χ4n) is 15.0. The number of phenolic OH excluding ortho intramolecular Hbond substituents is 3. The van der Waals surface area contributed by atoms with E-state index in [0.717, 1.165) is 78.9 Å². The van der Waals surface area contributed by atoms with Crippen molar-refractivity contribution >= 4 is 82.1 Å². The third-order valence-electron chi connectivity index (χ3n) is 21.6. The number of halogens is 6. The Kier molecular flexibility index (Phi) is 29.0. The van der Waals surface area contributed by atoms with Crippen LogP contribution in [0.2, 0.25) is 10.0 Å². The van der Waals surface area contributed by atoms with Crippen LogP contribution in [0, 0.1) is 11.7 Å². The molecule has 43 heteroatoms. The number of phenols is 3. The summed E-state index contributed by atoms with van der Waals surface area (Å²) < 4.78 is 93.6. The van der Waals surface area contributed by atoms with Crippen LogP contribution in [-0.4, -0.2) is 210 Å². The van der Waals surface area contributed by atoms with Gasteiger partial charge in [0.05, 0.1) is 53.5 Å². The second-order valence-corrected chi connectivity index (χ2v) is 31.9. The lowest BCUT2D eigenvalue weighted by Crippen LogP contribution is -2.65. The van der Waals surface area contributed by atoms with E-state index in [1.165, 1.54) is 32.2 Å². The highest BCUT2D eigenvalue weighted by atomic mass is 35.5. The van der Waals surface area contributed by atoms with Crippen LogP contribution in [0.4, 0.5) is 23.2 Å². The van der Waals surface area contributed by atoms with Gasteiger partial charge in [0.1, 0.15) is 101 Å². The molecule has 37 nitrogen and oxygen atoms in total. The zero-order valence-corrected chi connectivity index (χ0v) is 68.8. The lowest BCUT2D eigenvalue weighted by Gasteiger charge is -2.48. The molecule has 0 saturated carbocycles. The number of carbonyl (C=O) groups excluding carboxylic acids is 9. The molecule has 0 aromatic heterocycles. The van der Waals surface area contributed by atoms with Gasteiger partial charge in [0.25, 0.3) is 11.8 Å². The van der Waals surface area contributed by atoms with Crippen molar-refractivity contribution in [2.24, 2.45) is 11.7 Å². The third-order valence-corrected chi connectivity index (χ3v) is 22.2. The summed E-state index contributed by atoms with van der Waals surface area (Å²) in [6.45, 7) is 4.76. The predicted molar refractivity (Wildman–Crippen MR) is 433 cm³/mol. The number of fused-ring (bicyclic) bond motifs is 15. The van der Waals surface area contributed by atoms with Crippen molar-refractivity contribution in [1.29, 1.82) is 0 Å². The SMILES string of the molecule is CNC(CC(C)C)C(=O)NC1C(=O)NC(CC(N)=O)C(=O)NC2C(=O)NC3C(=O)NC(C(=O)NC(C(=O)NNCCO)c4cc(O)cc(O)c4-c4cc3ccc4O)C(O)c3ccc(c(Cl)c3)Oc3cc2cc(c3OC2OC(CO)C(O)C(O)C2OC2CC(C)(NCc3ccc(NC(=O)c4ccc(C(F)(F)F)c(F)c4)cc3)C(O)C(C)O2)Oc2ccc(cc2Cl)C1O. The minimum Gasteiger partial charge on any atom is -0.508 e. The van der Waals surface area contributed by atoms with Gasteiger partial charge in [-0.2, -0.15) is 13.2 Å². The van der Waals surface area contributed by atoms with Gasteiger partial charge in [-0.25, -0.2) is 9.82 Å². The first-order valence-corrected chi connectivity index (χ1v) is 40.0. The average Bonchev–Trinajstić information content (AvgIpc) is 0.764. The maximum Gasteiger partial charge on any atom is 0.419 e. The fourth-order valence-corrected chi connectivity index (χ4v) is 15.5. The van der Waals surface area contributed by atoms with Gasteiger partial charge < -0.3 is 133 Å². The second kappa shape index (κ2) is 39.1. The van der Waals surface area contributed by atoms with Crippen molar-refractivity contribution in [1.82, 2.24) is 53.4 Å². The number of likely N-dealkylation sites (N-methyl/N-ethyl adjacent to an activating group) is 1. The number of carbonyl (C=O) groups is 9. The van der Waals surface area contributed by atoms with Crippen LogP contribution in [0.1, 0.15) is 127 Å². The summed E-state index contributed by atoms with van der Waals surface area (Å²) in [6.07, 6.45) is -24.8. The minimum absolute atomic E-state index is 0.0356. The largest absolute Gasteiger partial charge is 0.508 e. The molecule has 0 spiro atoms. The summed E-state index contributed by atoms with van der Waals surface area (Å²) in [5.41, 5.74) is 4.96. The van der Waals surface area contributed by atoms with Gasteiger partial charge in [0, 0.05) is 53.5 Å². The number of alkyl halides is 3. The van der Waals surface area contributed by atoms with E-state index in [1.54, 1.807) is 32.9 Å². The van der Waals surface area contributed by atoms with Crippen LogP contribution < -0.4 is 78.6 Å². The first kappa shape index (κ1) is 93.5. The van der Waals surface area contributed by atoms with Crippen LogP contribution in [0.25, 0.3) is 11.1 Å². The molecule has 126 heavy (non-hydrogen) atoms. The van der Waals surface area contributed by atoms with Crippen molar-refractivity contribution in [2.75, 3.05) is 32.1 Å². The molecule has 7 aromatic rings. The number of nitrogens with one attached hydrogen (secondary N) is 11. The molecule has 11 bridgehead atoms. The molecule has 18 unspecified atom stereocenters. The molecule has 2 fully saturated rings. The number of amides is 9. The lowest BCUT2D eigenvalue weighted by atomic mass is 9.84. The van der Waals surface area contributed by atoms with Gasteiger partial charge in [-0.1, -0.05) is 67.4 Å². The molecule has 0 aliphatic carbocycles. The van der Waals surface area contributed by atoms with Gasteiger partial charge in [0.15, 0.2) is 23.9 Å². The summed E-state index contributed by atoms with van der Waals surface area (Å²) in [5.74, 6) is -18.4. The number of hydrogen-bond donors (Lipinski definition) is 22. The van der Waals surface area contributed by atoms with E-state index in [9.17, 15) is 87.8 Å². The molecule has 7 aliphatic rings. The Hall–Kier alpha value is -11.7. The first-order chi connectivity index (χ1) is 59.6. The number of primary amides is 1. The molecule has 7 heterocycles. The van der Waals surface area contributed by atoms with Gasteiger partial charge in [-0.3, -0.25) is 48.6 Å². The zero-order valence-electron chi connectivity index (χ0n) is 67.3. The van der Waals surface area contributed by atoms with Crippen LogP contribution >= 0.6 is 23.2 Å². The Morgan fingerprint density at radius 2 is 1.33 bits per heavy atom. The standard InChI is InChI=1S/C83H90Cl2F4N12O25/c1-33(2)20-49(91-5)74(114)99-64-66(108)37-10-16-53(46(84)22-37)122-55-25-40-26-56(70(55)126-81-71(69(111)68(110)57(32-103)124-81)125-59-30-82(4,72(112)34(3)121-59)92-31-35-6-12-41(13-7-35)94-73(113)39-8-14-45(48(86)24-39)83(87,88)89)123-54-17-11-38(23-47(54)85)67(109)65-79(119)98-63(80(120)101-93-18-19-102)44-27-42(104)28-52(106)60(44)43-21-36(9-15-51(43)105)61(76(116)100-65)97-77(117)62(40)96-75(115)50(29-58(90)107)95-78(64)118/h6-17,21-28,33-34,49-50,57,59,61-69,71-72,81,91-93,102-106,108-112H,18-20,29-32H2,1-5H3,(H2,90,107)(H,94,113)(H,95,118)(H,96,115)(H,97,117)(H,98,119)(H,99,114)(H,100,116)(H,101,120). The van der Waals surface area contributed by atoms with Crippen molar-refractivity contribution in [3.63, 3.8) is 0 Å². The van der Waals surface area contributed by atoms with Crippen molar-refractivity contribution < 1.29 is 140 Å². The molecular formula is C83H90Cl2F4N12O25. The molecular weight excluding hydrogens is 1710 g/mol. The van der Waals surface area contributed by atoms with E-state index >= 15 is 24.0 Å². The highest BCUT2D eigenvalue weighted by Gasteiger charge is 2.53. The number of hydrazine groups is 1. The fraction of sp³-hybridized carbons (Fsp3) is 0.386. The average molecular weight is 1800 g/mol.